The maximum atomic E-state index is 12.2. The number of benzene rings is 1. The number of thiophene rings is 1. The van der Waals surface area contributed by atoms with Crippen LogP contribution >= 0.6 is 22.9 Å². The minimum Gasteiger partial charge on any atom is -0.469 e. The summed E-state index contributed by atoms with van der Waals surface area (Å²) >= 11 is 7.49. The number of halogens is 1. The van der Waals surface area contributed by atoms with E-state index in [2.05, 4.69) is 10.1 Å². The van der Waals surface area contributed by atoms with E-state index in [1.807, 2.05) is 11.4 Å². The highest BCUT2D eigenvalue weighted by Gasteiger charge is 2.21. The molecule has 1 aromatic carbocycles. The van der Waals surface area contributed by atoms with Gasteiger partial charge in [0.25, 0.3) is 5.91 Å². The number of carbonyl (C=O) groups excluding carboxylic acids is 2. The van der Waals surface area contributed by atoms with Gasteiger partial charge in [-0.2, -0.15) is 0 Å². The van der Waals surface area contributed by atoms with Crippen LogP contribution in [-0.4, -0.2) is 19.0 Å². The predicted molar refractivity (Wildman–Crippen MR) is 82.6 cm³/mol. The second-order valence-corrected chi connectivity index (χ2v) is 5.66. The maximum Gasteiger partial charge on any atom is 0.307 e. The number of ether oxygens (including phenoxy) is 1. The van der Waals surface area contributed by atoms with Crippen molar-refractivity contribution in [2.45, 2.75) is 12.5 Å². The van der Waals surface area contributed by atoms with Crippen molar-refractivity contribution in [3.05, 3.63) is 57.2 Å². The van der Waals surface area contributed by atoms with Crippen molar-refractivity contribution in [3.8, 4) is 0 Å². The van der Waals surface area contributed by atoms with Crippen LogP contribution in [-0.2, 0) is 9.53 Å². The highest BCUT2D eigenvalue weighted by molar-refractivity contribution is 7.12. The van der Waals surface area contributed by atoms with Gasteiger partial charge >= 0.3 is 5.97 Å². The van der Waals surface area contributed by atoms with Crippen LogP contribution in [0.5, 0.6) is 0 Å². The van der Waals surface area contributed by atoms with E-state index in [0.29, 0.717) is 15.5 Å². The quantitative estimate of drug-likeness (QED) is 0.858. The third-order valence-corrected chi connectivity index (χ3v) is 4.14. The third-order valence-electron chi connectivity index (χ3n) is 2.93. The number of methoxy groups -OCH3 is 1. The molecule has 1 heterocycles. The van der Waals surface area contributed by atoms with Crippen molar-refractivity contribution in [2.24, 2.45) is 0 Å². The first-order chi connectivity index (χ1) is 10.1. The minimum absolute atomic E-state index is 0.0251. The van der Waals surface area contributed by atoms with Gasteiger partial charge in [-0.3, -0.25) is 9.59 Å². The molecule has 0 aliphatic carbocycles. The Morgan fingerprint density at radius 3 is 2.67 bits per heavy atom. The maximum absolute atomic E-state index is 12.2. The van der Waals surface area contributed by atoms with Crippen LogP contribution in [0, 0.1) is 0 Å². The molecule has 0 saturated heterocycles. The summed E-state index contributed by atoms with van der Waals surface area (Å²) in [4.78, 5) is 24.3. The summed E-state index contributed by atoms with van der Waals surface area (Å²) in [6, 6.07) is 10.1. The summed E-state index contributed by atoms with van der Waals surface area (Å²) in [7, 11) is 1.31. The van der Waals surface area contributed by atoms with Gasteiger partial charge in [-0.05, 0) is 23.1 Å². The lowest BCUT2D eigenvalue weighted by Crippen LogP contribution is -2.30. The van der Waals surface area contributed by atoms with Crippen molar-refractivity contribution < 1.29 is 14.3 Å². The molecule has 2 rings (SSSR count). The van der Waals surface area contributed by atoms with Gasteiger partial charge in [0.05, 0.1) is 24.4 Å². The first kappa shape index (κ1) is 15.5. The lowest BCUT2D eigenvalue weighted by molar-refractivity contribution is -0.141. The Morgan fingerprint density at radius 2 is 2.05 bits per heavy atom. The van der Waals surface area contributed by atoms with E-state index < -0.39 is 12.0 Å². The SMILES string of the molecule is COC(=O)CC(NC(=O)c1cccs1)c1ccccc1Cl. The van der Waals surface area contributed by atoms with Crippen molar-refractivity contribution in [1.82, 2.24) is 5.32 Å². The first-order valence-corrected chi connectivity index (χ1v) is 7.53. The molecule has 6 heteroatoms. The van der Waals surface area contributed by atoms with Gasteiger partial charge in [0, 0.05) is 5.02 Å². The number of nitrogens with one attached hydrogen (secondary N) is 1. The van der Waals surface area contributed by atoms with Crippen molar-refractivity contribution in [2.75, 3.05) is 7.11 Å². The summed E-state index contributed by atoms with van der Waals surface area (Å²) in [6.07, 6.45) is 0.0251. The molecular weight excluding hydrogens is 310 g/mol. The molecule has 0 saturated carbocycles. The van der Waals surface area contributed by atoms with Gasteiger partial charge in [-0.1, -0.05) is 35.9 Å². The molecule has 110 valence electrons. The predicted octanol–water partition coefficient (Wildman–Crippen LogP) is 3.44. The second-order valence-electron chi connectivity index (χ2n) is 4.31. The Labute approximate surface area is 131 Å². The molecule has 1 atom stereocenters. The third kappa shape index (κ3) is 4.06. The number of hydrogen-bond acceptors (Lipinski definition) is 4. The molecule has 0 spiro atoms. The summed E-state index contributed by atoms with van der Waals surface area (Å²) in [5, 5.41) is 5.15. The molecule has 1 aromatic heterocycles. The molecule has 0 radical (unpaired) electrons. The average molecular weight is 324 g/mol. The van der Waals surface area contributed by atoms with E-state index in [-0.39, 0.29) is 12.3 Å². The van der Waals surface area contributed by atoms with Crippen LogP contribution in [0.3, 0.4) is 0 Å². The van der Waals surface area contributed by atoms with Gasteiger partial charge in [0.15, 0.2) is 0 Å². The molecule has 0 aliphatic heterocycles. The Bertz CT molecular complexity index is 628. The van der Waals surface area contributed by atoms with Crippen molar-refractivity contribution in [3.63, 3.8) is 0 Å². The number of rotatable bonds is 5. The number of hydrogen-bond donors (Lipinski definition) is 1. The standard InChI is InChI=1S/C15H14ClNO3S/c1-20-14(18)9-12(10-5-2-3-6-11(10)16)17-15(19)13-7-4-8-21-13/h2-8,12H,9H2,1H3,(H,17,19). The monoisotopic (exact) mass is 323 g/mol. The summed E-state index contributed by atoms with van der Waals surface area (Å²) in [5.41, 5.74) is 0.689. The average Bonchev–Trinajstić information content (AvgIpc) is 3.01. The van der Waals surface area contributed by atoms with Gasteiger partial charge in [-0.15, -0.1) is 11.3 Å². The fourth-order valence-electron chi connectivity index (χ4n) is 1.88. The summed E-state index contributed by atoms with van der Waals surface area (Å²) < 4.78 is 4.68. The van der Waals surface area contributed by atoms with Crippen LogP contribution in [0.4, 0.5) is 0 Å². The van der Waals surface area contributed by atoms with E-state index in [1.165, 1.54) is 18.4 Å². The zero-order valence-corrected chi connectivity index (χ0v) is 12.9. The molecule has 1 unspecified atom stereocenters. The van der Waals surface area contributed by atoms with Crippen LogP contribution in [0.2, 0.25) is 5.02 Å². The molecule has 0 aliphatic rings. The Balaban J connectivity index is 2.22. The van der Waals surface area contributed by atoms with Crippen molar-refractivity contribution >= 4 is 34.8 Å². The Hall–Kier alpha value is -1.85. The molecule has 0 fully saturated rings. The van der Waals surface area contributed by atoms with Gasteiger partial charge in [0.2, 0.25) is 0 Å². The van der Waals surface area contributed by atoms with Crippen LogP contribution in [0.25, 0.3) is 0 Å². The van der Waals surface area contributed by atoms with Gasteiger partial charge in [-0.25, -0.2) is 0 Å². The number of amides is 1. The van der Waals surface area contributed by atoms with E-state index in [9.17, 15) is 9.59 Å². The fraction of sp³-hybridized carbons (Fsp3) is 0.200. The fourth-order valence-corrected chi connectivity index (χ4v) is 2.78. The normalized spacial score (nSPS) is 11.7. The smallest absolute Gasteiger partial charge is 0.307 e. The van der Waals surface area contributed by atoms with Crippen LogP contribution in [0.15, 0.2) is 41.8 Å². The van der Waals surface area contributed by atoms with E-state index in [4.69, 9.17) is 11.6 Å². The molecule has 4 nitrogen and oxygen atoms in total. The topological polar surface area (TPSA) is 55.4 Å². The molecule has 1 N–H and O–H groups in total. The zero-order chi connectivity index (χ0) is 15.2. The summed E-state index contributed by atoms with van der Waals surface area (Å²) in [5.74, 6) is -0.648. The van der Waals surface area contributed by atoms with E-state index >= 15 is 0 Å². The molecule has 0 bridgehead atoms. The zero-order valence-electron chi connectivity index (χ0n) is 11.3. The van der Waals surface area contributed by atoms with Crippen LogP contribution < -0.4 is 5.32 Å². The first-order valence-electron chi connectivity index (χ1n) is 6.27. The van der Waals surface area contributed by atoms with Gasteiger partial charge < -0.3 is 10.1 Å². The molecule has 2 aromatic rings. The lowest BCUT2D eigenvalue weighted by Gasteiger charge is -2.19. The molecular formula is C15H14ClNO3S. The Morgan fingerprint density at radius 1 is 1.29 bits per heavy atom. The van der Waals surface area contributed by atoms with Gasteiger partial charge in [0.1, 0.15) is 0 Å². The highest BCUT2D eigenvalue weighted by Crippen LogP contribution is 2.26. The van der Waals surface area contributed by atoms with Crippen LogP contribution in [0.1, 0.15) is 27.7 Å². The second kappa shape index (κ2) is 7.24. The van der Waals surface area contributed by atoms with E-state index in [0.717, 1.165) is 0 Å². The number of esters is 1. The molecule has 21 heavy (non-hydrogen) atoms. The Kier molecular flexibility index (Phi) is 5.36. The largest absolute Gasteiger partial charge is 0.469 e. The minimum atomic E-state index is -0.527. The lowest BCUT2D eigenvalue weighted by atomic mass is 10.0. The van der Waals surface area contributed by atoms with E-state index in [1.54, 1.807) is 30.3 Å². The summed E-state index contributed by atoms with van der Waals surface area (Å²) in [6.45, 7) is 0. The van der Waals surface area contributed by atoms with Crippen molar-refractivity contribution in [1.29, 1.82) is 0 Å². The molecule has 1 amide bonds. The number of carbonyl (C=O) groups is 2. The highest BCUT2D eigenvalue weighted by atomic mass is 35.5.